The molecule has 0 spiro atoms. The SMILES string of the molecule is Cn1cc(Nc2ncc(C#Cc3cccc(NC(=O)N4OCC[C@H]4c4ccccc4)c3)cn2)cn1. The zero-order valence-electron chi connectivity index (χ0n) is 19.0. The van der Waals surface area contributed by atoms with Crippen LogP contribution in [0.5, 0.6) is 0 Å². The molecule has 2 amide bonds. The number of benzene rings is 2. The normalized spacial score (nSPS) is 14.8. The second kappa shape index (κ2) is 10.1. The molecule has 2 aromatic carbocycles. The minimum atomic E-state index is -0.313. The molecule has 1 aliphatic rings. The van der Waals surface area contributed by atoms with Gasteiger partial charge in [0, 0.05) is 43.3 Å². The maximum Gasteiger partial charge on any atom is 0.346 e. The van der Waals surface area contributed by atoms with E-state index in [0.717, 1.165) is 23.2 Å². The molecule has 1 saturated heterocycles. The monoisotopic (exact) mass is 465 g/mol. The summed E-state index contributed by atoms with van der Waals surface area (Å²) in [6.07, 6.45) is 7.58. The van der Waals surface area contributed by atoms with Crippen LogP contribution in [0.3, 0.4) is 0 Å². The van der Waals surface area contributed by atoms with Gasteiger partial charge in [-0.15, -0.1) is 0 Å². The van der Waals surface area contributed by atoms with Crippen molar-refractivity contribution < 1.29 is 9.63 Å². The van der Waals surface area contributed by atoms with E-state index in [2.05, 4.69) is 37.5 Å². The molecule has 1 atom stereocenters. The summed E-state index contributed by atoms with van der Waals surface area (Å²) in [5.74, 6) is 6.61. The van der Waals surface area contributed by atoms with Crippen LogP contribution in [0, 0.1) is 11.8 Å². The first-order valence-corrected chi connectivity index (χ1v) is 11.1. The molecule has 3 heterocycles. The molecular weight excluding hydrogens is 442 g/mol. The van der Waals surface area contributed by atoms with Gasteiger partial charge in [-0.05, 0) is 23.8 Å². The fourth-order valence-corrected chi connectivity index (χ4v) is 3.72. The van der Waals surface area contributed by atoms with E-state index in [1.54, 1.807) is 23.3 Å². The number of hydrogen-bond acceptors (Lipinski definition) is 6. The lowest BCUT2D eigenvalue weighted by Gasteiger charge is -2.23. The van der Waals surface area contributed by atoms with Crippen molar-refractivity contribution in [1.82, 2.24) is 24.8 Å². The zero-order chi connectivity index (χ0) is 24.0. The van der Waals surface area contributed by atoms with Crippen LogP contribution < -0.4 is 10.6 Å². The second-order valence-corrected chi connectivity index (χ2v) is 7.96. The number of aromatic nitrogens is 4. The van der Waals surface area contributed by atoms with E-state index in [9.17, 15) is 4.79 Å². The molecular formula is C26H23N7O2. The van der Waals surface area contributed by atoms with Crippen LogP contribution in [0.1, 0.15) is 29.2 Å². The predicted octanol–water partition coefficient (Wildman–Crippen LogP) is 4.26. The first-order chi connectivity index (χ1) is 17.1. The number of urea groups is 1. The summed E-state index contributed by atoms with van der Waals surface area (Å²) in [4.78, 5) is 27.1. The second-order valence-electron chi connectivity index (χ2n) is 7.96. The smallest absolute Gasteiger partial charge is 0.321 e. The lowest BCUT2D eigenvalue weighted by Crippen LogP contribution is -2.33. The Bertz CT molecular complexity index is 1370. The van der Waals surface area contributed by atoms with Gasteiger partial charge in [0.25, 0.3) is 0 Å². The Morgan fingerprint density at radius 3 is 2.57 bits per heavy atom. The average molecular weight is 466 g/mol. The Hall–Kier alpha value is -4.68. The van der Waals surface area contributed by atoms with Crippen LogP contribution in [-0.2, 0) is 11.9 Å². The number of aryl methyl sites for hydroxylation is 1. The molecule has 0 saturated carbocycles. The Morgan fingerprint density at radius 2 is 1.80 bits per heavy atom. The lowest BCUT2D eigenvalue weighted by molar-refractivity contribution is -0.0829. The fourth-order valence-electron chi connectivity index (χ4n) is 3.72. The number of hydroxylamine groups is 2. The van der Waals surface area contributed by atoms with E-state index in [-0.39, 0.29) is 12.1 Å². The summed E-state index contributed by atoms with van der Waals surface area (Å²) in [5.41, 5.74) is 3.91. The number of nitrogens with one attached hydrogen (secondary N) is 2. The number of amides is 2. The minimum absolute atomic E-state index is 0.116. The van der Waals surface area contributed by atoms with E-state index in [4.69, 9.17) is 4.84 Å². The van der Waals surface area contributed by atoms with Gasteiger partial charge in [-0.25, -0.2) is 14.8 Å². The summed E-state index contributed by atoms with van der Waals surface area (Å²) in [6, 6.07) is 16.8. The summed E-state index contributed by atoms with van der Waals surface area (Å²) in [5, 5.41) is 11.5. The van der Waals surface area contributed by atoms with Crippen LogP contribution in [0.2, 0.25) is 0 Å². The van der Waals surface area contributed by atoms with Crippen molar-refractivity contribution >= 4 is 23.4 Å². The molecule has 0 aliphatic carbocycles. The van der Waals surface area contributed by atoms with Crippen molar-refractivity contribution in [3.05, 3.63) is 96.1 Å². The van der Waals surface area contributed by atoms with E-state index >= 15 is 0 Å². The molecule has 0 unspecified atom stereocenters. The summed E-state index contributed by atoms with van der Waals surface area (Å²) in [7, 11) is 1.84. The van der Waals surface area contributed by atoms with Gasteiger partial charge in [-0.2, -0.15) is 10.2 Å². The van der Waals surface area contributed by atoms with E-state index in [1.807, 2.05) is 67.8 Å². The Labute approximate surface area is 202 Å². The Balaban J connectivity index is 1.23. The molecule has 4 aromatic rings. The molecule has 9 heteroatoms. The van der Waals surface area contributed by atoms with Gasteiger partial charge in [-0.3, -0.25) is 9.52 Å². The number of rotatable bonds is 4. The highest BCUT2D eigenvalue weighted by molar-refractivity contribution is 5.89. The van der Waals surface area contributed by atoms with E-state index < -0.39 is 0 Å². The van der Waals surface area contributed by atoms with Gasteiger partial charge in [0.1, 0.15) is 0 Å². The maximum absolute atomic E-state index is 12.9. The van der Waals surface area contributed by atoms with E-state index in [0.29, 0.717) is 23.8 Å². The summed E-state index contributed by atoms with van der Waals surface area (Å²) >= 11 is 0. The lowest BCUT2D eigenvalue weighted by atomic mass is 10.1. The van der Waals surface area contributed by atoms with Gasteiger partial charge >= 0.3 is 6.03 Å². The van der Waals surface area contributed by atoms with Gasteiger partial charge in [0.2, 0.25) is 5.95 Å². The van der Waals surface area contributed by atoms with Gasteiger partial charge in [-0.1, -0.05) is 48.2 Å². The zero-order valence-corrected chi connectivity index (χ0v) is 19.0. The molecule has 0 bridgehead atoms. The number of nitrogens with zero attached hydrogens (tertiary/aromatic N) is 5. The molecule has 1 aliphatic heterocycles. The Kier molecular flexibility index (Phi) is 6.37. The molecule has 0 radical (unpaired) electrons. The molecule has 9 nitrogen and oxygen atoms in total. The summed E-state index contributed by atoms with van der Waals surface area (Å²) in [6.45, 7) is 0.497. The highest BCUT2D eigenvalue weighted by Crippen LogP contribution is 2.30. The highest BCUT2D eigenvalue weighted by Gasteiger charge is 2.31. The first-order valence-electron chi connectivity index (χ1n) is 11.1. The third-order valence-corrected chi connectivity index (χ3v) is 5.37. The quantitative estimate of drug-likeness (QED) is 0.437. The fraction of sp³-hybridized carbons (Fsp3) is 0.154. The molecule has 2 aromatic heterocycles. The number of carbonyl (C=O) groups excluding carboxylic acids is 1. The molecule has 2 N–H and O–H groups in total. The third kappa shape index (κ3) is 5.46. The minimum Gasteiger partial charge on any atom is -0.321 e. The highest BCUT2D eigenvalue weighted by atomic mass is 16.7. The van der Waals surface area contributed by atoms with Crippen LogP contribution in [0.4, 0.5) is 22.1 Å². The van der Waals surface area contributed by atoms with Crippen LogP contribution in [0.25, 0.3) is 0 Å². The molecule has 35 heavy (non-hydrogen) atoms. The number of carbonyl (C=O) groups is 1. The van der Waals surface area contributed by atoms with Crippen molar-refractivity contribution in [2.24, 2.45) is 7.05 Å². The average Bonchev–Trinajstić information content (AvgIpc) is 3.54. The standard InChI is InChI=1S/C26H23N7O2/c1-32-18-23(17-29-32)30-25-27-15-20(16-28-25)11-10-19-6-5-9-22(14-19)31-26(34)33-24(12-13-35-33)21-7-3-2-4-8-21/h2-9,14-18,24H,12-13H2,1H3,(H,31,34)(H,27,28,30)/t24-/m0/s1. The molecule has 5 rings (SSSR count). The first kappa shape index (κ1) is 22.1. The van der Waals surface area contributed by atoms with Crippen molar-refractivity contribution in [3.63, 3.8) is 0 Å². The van der Waals surface area contributed by atoms with Crippen molar-refractivity contribution in [3.8, 4) is 11.8 Å². The maximum atomic E-state index is 12.9. The van der Waals surface area contributed by atoms with Gasteiger partial charge in [0.05, 0.1) is 30.1 Å². The van der Waals surface area contributed by atoms with Crippen molar-refractivity contribution in [2.75, 3.05) is 17.2 Å². The largest absolute Gasteiger partial charge is 0.346 e. The number of hydrogen-bond donors (Lipinski definition) is 2. The van der Waals surface area contributed by atoms with Crippen molar-refractivity contribution in [1.29, 1.82) is 0 Å². The Morgan fingerprint density at radius 1 is 1.00 bits per heavy atom. The number of anilines is 3. The van der Waals surface area contributed by atoms with Gasteiger partial charge in [0.15, 0.2) is 0 Å². The predicted molar refractivity (Wildman–Crippen MR) is 132 cm³/mol. The van der Waals surface area contributed by atoms with Gasteiger partial charge < -0.3 is 10.6 Å². The third-order valence-electron chi connectivity index (χ3n) is 5.37. The summed E-state index contributed by atoms with van der Waals surface area (Å²) < 4.78 is 1.69. The topological polar surface area (TPSA) is 97.2 Å². The molecule has 1 fully saturated rings. The van der Waals surface area contributed by atoms with Crippen LogP contribution >= 0.6 is 0 Å². The van der Waals surface area contributed by atoms with Crippen molar-refractivity contribution in [2.45, 2.75) is 12.5 Å². The van der Waals surface area contributed by atoms with Crippen LogP contribution in [0.15, 0.2) is 79.4 Å². The molecule has 174 valence electrons. The van der Waals surface area contributed by atoms with E-state index in [1.165, 1.54) is 5.06 Å². The van der Waals surface area contributed by atoms with Crippen LogP contribution in [-0.4, -0.2) is 37.4 Å².